The second-order valence-electron chi connectivity index (χ2n) is 5.12. The number of aliphatic hydroxyl groups is 1. The second-order valence-corrected chi connectivity index (χ2v) is 7.99. The van der Waals surface area contributed by atoms with E-state index in [9.17, 15) is 13.5 Å². The Morgan fingerprint density at radius 3 is 2.35 bits per heavy atom. The molecular weight excluding hydrogens is 294 g/mol. The Kier molecular flexibility index (Phi) is 5.12. The van der Waals surface area contributed by atoms with Crippen LogP contribution in [0.1, 0.15) is 25.7 Å². The fourth-order valence-corrected chi connectivity index (χ4v) is 4.43. The van der Waals surface area contributed by atoms with E-state index in [1.165, 1.54) is 4.31 Å². The van der Waals surface area contributed by atoms with Gasteiger partial charge in [0.25, 0.3) is 0 Å². The first-order chi connectivity index (χ1) is 9.46. The predicted octanol–water partition coefficient (Wildman–Crippen LogP) is 2.33. The molecule has 1 fully saturated rings. The van der Waals surface area contributed by atoms with Crippen molar-refractivity contribution >= 4 is 21.8 Å². The first kappa shape index (κ1) is 15.8. The highest BCUT2D eigenvalue weighted by Crippen LogP contribution is 2.27. The molecule has 0 aromatic heterocycles. The number of hydrogen-bond donors (Lipinski definition) is 1. The van der Waals surface area contributed by atoms with Gasteiger partial charge in [0.05, 0.1) is 17.0 Å². The fourth-order valence-electron chi connectivity index (χ4n) is 2.61. The largest absolute Gasteiger partial charge is 0.391 e. The van der Waals surface area contributed by atoms with Gasteiger partial charge in [0.2, 0.25) is 10.0 Å². The van der Waals surface area contributed by atoms with Crippen LogP contribution in [0.25, 0.3) is 0 Å². The van der Waals surface area contributed by atoms with E-state index in [0.29, 0.717) is 6.42 Å². The SMILES string of the molecule is CSc1ccc(S(=O)(=O)N(C)[C@H]2CCCC[C@@H]2O)cc1. The van der Waals surface area contributed by atoms with E-state index in [0.717, 1.165) is 24.2 Å². The lowest BCUT2D eigenvalue weighted by atomic mass is 9.93. The van der Waals surface area contributed by atoms with E-state index in [-0.39, 0.29) is 10.9 Å². The Hall–Kier alpha value is -0.560. The minimum Gasteiger partial charge on any atom is -0.391 e. The van der Waals surface area contributed by atoms with Crippen molar-refractivity contribution in [2.24, 2.45) is 0 Å². The van der Waals surface area contributed by atoms with Gasteiger partial charge < -0.3 is 5.11 Å². The average molecular weight is 315 g/mol. The lowest BCUT2D eigenvalue weighted by Gasteiger charge is -2.34. The Morgan fingerprint density at radius 1 is 1.20 bits per heavy atom. The third kappa shape index (κ3) is 3.19. The molecule has 0 amide bonds. The molecule has 0 radical (unpaired) electrons. The fraction of sp³-hybridized carbons (Fsp3) is 0.571. The highest BCUT2D eigenvalue weighted by Gasteiger charge is 2.34. The van der Waals surface area contributed by atoms with Crippen molar-refractivity contribution < 1.29 is 13.5 Å². The van der Waals surface area contributed by atoms with E-state index < -0.39 is 16.1 Å². The molecule has 0 bridgehead atoms. The number of likely N-dealkylation sites (N-methyl/N-ethyl adjacent to an activating group) is 1. The van der Waals surface area contributed by atoms with Crippen LogP contribution in [0.3, 0.4) is 0 Å². The van der Waals surface area contributed by atoms with Crippen LogP contribution in [0, 0.1) is 0 Å². The molecule has 6 heteroatoms. The third-order valence-electron chi connectivity index (χ3n) is 3.90. The van der Waals surface area contributed by atoms with Crippen molar-refractivity contribution in [1.29, 1.82) is 0 Å². The van der Waals surface area contributed by atoms with Gasteiger partial charge in [-0.15, -0.1) is 11.8 Å². The third-order valence-corrected chi connectivity index (χ3v) is 6.54. The maximum Gasteiger partial charge on any atom is 0.243 e. The van der Waals surface area contributed by atoms with E-state index in [1.807, 2.05) is 18.4 Å². The molecule has 0 heterocycles. The van der Waals surface area contributed by atoms with Crippen LogP contribution in [0.4, 0.5) is 0 Å². The summed E-state index contributed by atoms with van der Waals surface area (Å²) < 4.78 is 26.5. The van der Waals surface area contributed by atoms with Crippen molar-refractivity contribution in [2.75, 3.05) is 13.3 Å². The molecule has 1 aromatic carbocycles. The lowest BCUT2D eigenvalue weighted by molar-refractivity contribution is 0.0638. The summed E-state index contributed by atoms with van der Waals surface area (Å²) in [5.74, 6) is 0. The number of nitrogens with zero attached hydrogens (tertiary/aromatic N) is 1. The van der Waals surface area contributed by atoms with Crippen molar-refractivity contribution in [3.63, 3.8) is 0 Å². The maximum absolute atomic E-state index is 12.6. The first-order valence-corrected chi connectivity index (χ1v) is 9.43. The van der Waals surface area contributed by atoms with E-state index in [2.05, 4.69) is 0 Å². The van der Waals surface area contributed by atoms with Crippen LogP contribution in [-0.4, -0.2) is 43.3 Å². The monoisotopic (exact) mass is 315 g/mol. The second kappa shape index (κ2) is 6.47. The molecule has 0 spiro atoms. The zero-order chi connectivity index (χ0) is 14.8. The van der Waals surface area contributed by atoms with Crippen molar-refractivity contribution in [1.82, 2.24) is 4.31 Å². The summed E-state index contributed by atoms with van der Waals surface area (Å²) in [4.78, 5) is 1.32. The molecule has 4 nitrogen and oxygen atoms in total. The number of hydrogen-bond acceptors (Lipinski definition) is 4. The molecule has 1 saturated carbocycles. The van der Waals surface area contributed by atoms with Crippen molar-refractivity contribution in [2.45, 2.75) is 47.6 Å². The molecule has 0 saturated heterocycles. The maximum atomic E-state index is 12.6. The molecule has 2 atom stereocenters. The number of benzene rings is 1. The normalized spacial score (nSPS) is 24.0. The molecule has 1 N–H and O–H groups in total. The van der Waals surface area contributed by atoms with Crippen LogP contribution in [-0.2, 0) is 10.0 Å². The number of rotatable bonds is 4. The summed E-state index contributed by atoms with van der Waals surface area (Å²) in [6.07, 6.45) is 4.72. The molecule has 112 valence electrons. The predicted molar refractivity (Wildman–Crippen MR) is 81.4 cm³/mol. The van der Waals surface area contributed by atoms with Crippen LogP contribution < -0.4 is 0 Å². The Balaban J connectivity index is 2.23. The van der Waals surface area contributed by atoms with Gasteiger partial charge in [0.15, 0.2) is 0 Å². The first-order valence-electron chi connectivity index (χ1n) is 6.77. The summed E-state index contributed by atoms with van der Waals surface area (Å²) in [5.41, 5.74) is 0. The summed E-state index contributed by atoms with van der Waals surface area (Å²) in [7, 11) is -1.97. The lowest BCUT2D eigenvalue weighted by Crippen LogP contribution is -2.46. The molecule has 0 aliphatic heterocycles. The van der Waals surface area contributed by atoms with E-state index in [1.54, 1.807) is 30.9 Å². The minimum atomic E-state index is -3.53. The van der Waals surface area contributed by atoms with Crippen molar-refractivity contribution in [3.8, 4) is 0 Å². The number of aliphatic hydroxyl groups excluding tert-OH is 1. The van der Waals surface area contributed by atoms with Gasteiger partial charge in [-0.25, -0.2) is 8.42 Å². The highest BCUT2D eigenvalue weighted by atomic mass is 32.2. The van der Waals surface area contributed by atoms with Crippen molar-refractivity contribution in [3.05, 3.63) is 24.3 Å². The van der Waals surface area contributed by atoms with E-state index >= 15 is 0 Å². The molecule has 20 heavy (non-hydrogen) atoms. The van der Waals surface area contributed by atoms with Gasteiger partial charge in [0, 0.05) is 11.9 Å². The van der Waals surface area contributed by atoms with Crippen LogP contribution >= 0.6 is 11.8 Å². The molecule has 2 rings (SSSR count). The van der Waals surface area contributed by atoms with Crippen LogP contribution in [0.15, 0.2) is 34.1 Å². The average Bonchev–Trinajstić information content (AvgIpc) is 2.47. The summed E-state index contributed by atoms with van der Waals surface area (Å²) in [6, 6.07) is 6.57. The summed E-state index contributed by atoms with van der Waals surface area (Å²) >= 11 is 1.58. The molecular formula is C14H21NO3S2. The smallest absolute Gasteiger partial charge is 0.243 e. The van der Waals surface area contributed by atoms with Gasteiger partial charge in [-0.05, 0) is 43.4 Å². The van der Waals surface area contributed by atoms with Gasteiger partial charge in [0.1, 0.15) is 0 Å². The minimum absolute atomic E-state index is 0.288. The molecule has 1 aliphatic rings. The summed E-state index contributed by atoms with van der Waals surface area (Å²) in [5, 5.41) is 10.0. The molecule has 1 aliphatic carbocycles. The van der Waals surface area contributed by atoms with Crippen LogP contribution in [0.5, 0.6) is 0 Å². The molecule has 0 unspecified atom stereocenters. The summed E-state index contributed by atoms with van der Waals surface area (Å²) in [6.45, 7) is 0. The zero-order valence-corrected chi connectivity index (χ0v) is 13.5. The molecule has 1 aromatic rings. The topological polar surface area (TPSA) is 57.6 Å². The Morgan fingerprint density at radius 2 is 1.80 bits per heavy atom. The van der Waals surface area contributed by atoms with Gasteiger partial charge in [-0.1, -0.05) is 12.8 Å². The highest BCUT2D eigenvalue weighted by molar-refractivity contribution is 7.98. The number of sulfonamides is 1. The zero-order valence-electron chi connectivity index (χ0n) is 11.8. The van der Waals surface area contributed by atoms with Gasteiger partial charge in [-0.2, -0.15) is 4.31 Å². The van der Waals surface area contributed by atoms with Gasteiger partial charge >= 0.3 is 0 Å². The Bertz CT molecular complexity index is 542. The number of thioether (sulfide) groups is 1. The van der Waals surface area contributed by atoms with Crippen LogP contribution in [0.2, 0.25) is 0 Å². The standard InChI is InChI=1S/C14H21NO3S2/c1-15(13-5-3-4-6-14(13)16)20(17,18)12-9-7-11(19-2)8-10-12/h7-10,13-14,16H,3-6H2,1-2H3/t13-,14-/m0/s1. The quantitative estimate of drug-likeness (QED) is 0.867. The van der Waals surface area contributed by atoms with E-state index in [4.69, 9.17) is 0 Å². The van der Waals surface area contributed by atoms with Gasteiger partial charge in [-0.3, -0.25) is 0 Å². The Labute approximate surface area is 125 Å².